The first-order chi connectivity index (χ1) is 11.7. The minimum Gasteiger partial charge on any atom is -0.462 e. The molecule has 1 fully saturated rings. The van der Waals surface area contributed by atoms with Crippen LogP contribution >= 0.6 is 0 Å². The number of hydrogen-bond acceptors (Lipinski definition) is 6. The number of sulfone groups is 1. The number of furan rings is 1. The SMILES string of the molecule is CC1=C(C#N)C(=O)N(C2CCS(=O)(=O)C2)C(=O)C1=Cc1ccc(C)o1. The van der Waals surface area contributed by atoms with Gasteiger partial charge in [-0.1, -0.05) is 0 Å². The summed E-state index contributed by atoms with van der Waals surface area (Å²) in [6.45, 7) is 3.28. The van der Waals surface area contributed by atoms with E-state index in [1.165, 1.54) is 13.0 Å². The second kappa shape index (κ2) is 6.01. The van der Waals surface area contributed by atoms with Gasteiger partial charge in [-0.3, -0.25) is 14.5 Å². The molecule has 1 atom stereocenters. The lowest BCUT2D eigenvalue weighted by atomic mass is 9.93. The number of aryl methyl sites for hydroxylation is 1. The van der Waals surface area contributed by atoms with Gasteiger partial charge in [0.2, 0.25) is 0 Å². The molecule has 1 aromatic heterocycles. The summed E-state index contributed by atoms with van der Waals surface area (Å²) in [6.07, 6.45) is 1.66. The Kier molecular flexibility index (Phi) is 4.13. The highest BCUT2D eigenvalue weighted by Gasteiger charge is 2.43. The first-order valence-corrected chi connectivity index (χ1v) is 9.53. The third-order valence-corrected chi connectivity index (χ3v) is 6.14. The van der Waals surface area contributed by atoms with Gasteiger partial charge in [0, 0.05) is 5.57 Å². The second-order valence-electron chi connectivity index (χ2n) is 6.16. The van der Waals surface area contributed by atoms with Gasteiger partial charge < -0.3 is 4.42 Å². The maximum atomic E-state index is 12.9. The Morgan fingerprint density at radius 1 is 1.28 bits per heavy atom. The summed E-state index contributed by atoms with van der Waals surface area (Å²) in [7, 11) is -3.29. The fourth-order valence-electron chi connectivity index (χ4n) is 3.08. The molecule has 2 aliphatic heterocycles. The Morgan fingerprint density at radius 3 is 2.52 bits per heavy atom. The van der Waals surface area contributed by atoms with Gasteiger partial charge in [0.05, 0.1) is 17.5 Å². The lowest BCUT2D eigenvalue weighted by Gasteiger charge is -2.31. The quantitative estimate of drug-likeness (QED) is 0.582. The number of imide groups is 1. The molecule has 0 aromatic carbocycles. The van der Waals surface area contributed by atoms with E-state index in [0.717, 1.165) is 4.90 Å². The average Bonchev–Trinajstić information content (AvgIpc) is 3.10. The van der Waals surface area contributed by atoms with Gasteiger partial charge in [0.15, 0.2) is 9.84 Å². The topological polar surface area (TPSA) is 108 Å². The number of nitrogens with zero attached hydrogens (tertiary/aromatic N) is 2. The Morgan fingerprint density at radius 2 is 2.00 bits per heavy atom. The molecule has 0 N–H and O–H groups in total. The van der Waals surface area contributed by atoms with Crippen LogP contribution in [0.3, 0.4) is 0 Å². The summed E-state index contributed by atoms with van der Waals surface area (Å²) in [4.78, 5) is 26.3. The number of nitriles is 1. The van der Waals surface area contributed by atoms with Crippen molar-refractivity contribution >= 4 is 27.7 Å². The molecule has 3 heterocycles. The lowest BCUT2D eigenvalue weighted by Crippen LogP contribution is -2.49. The zero-order valence-corrected chi connectivity index (χ0v) is 14.6. The molecule has 2 amide bonds. The van der Waals surface area contributed by atoms with Crippen LogP contribution in [0.15, 0.2) is 33.3 Å². The minimum absolute atomic E-state index is 0.0737. The van der Waals surface area contributed by atoms with Gasteiger partial charge in [-0.25, -0.2) is 8.42 Å². The van der Waals surface area contributed by atoms with Gasteiger partial charge in [-0.05, 0) is 44.1 Å². The van der Waals surface area contributed by atoms with Crippen molar-refractivity contribution in [1.82, 2.24) is 4.90 Å². The normalized spacial score (nSPS) is 24.9. The highest BCUT2D eigenvalue weighted by atomic mass is 32.2. The van der Waals surface area contributed by atoms with Crippen molar-refractivity contribution < 1.29 is 22.4 Å². The van der Waals surface area contributed by atoms with Crippen LogP contribution in [0.2, 0.25) is 0 Å². The van der Waals surface area contributed by atoms with Crippen LogP contribution < -0.4 is 0 Å². The first kappa shape index (κ1) is 17.2. The Labute approximate surface area is 145 Å². The van der Waals surface area contributed by atoms with E-state index in [2.05, 4.69) is 0 Å². The number of hydrogen-bond donors (Lipinski definition) is 0. The van der Waals surface area contributed by atoms with E-state index in [0.29, 0.717) is 11.5 Å². The second-order valence-corrected chi connectivity index (χ2v) is 8.38. The van der Waals surface area contributed by atoms with Crippen molar-refractivity contribution in [3.05, 3.63) is 40.4 Å². The van der Waals surface area contributed by atoms with Crippen molar-refractivity contribution in [3.8, 4) is 6.07 Å². The molecule has 2 aliphatic rings. The van der Waals surface area contributed by atoms with Crippen LogP contribution in [-0.2, 0) is 19.4 Å². The zero-order chi connectivity index (χ0) is 18.4. The van der Waals surface area contributed by atoms with E-state index in [4.69, 9.17) is 4.42 Å². The molecule has 0 radical (unpaired) electrons. The molecule has 0 aliphatic carbocycles. The van der Waals surface area contributed by atoms with Gasteiger partial charge in [0.1, 0.15) is 23.2 Å². The first-order valence-electron chi connectivity index (χ1n) is 7.71. The third-order valence-electron chi connectivity index (χ3n) is 4.39. The van der Waals surface area contributed by atoms with E-state index < -0.39 is 27.7 Å². The average molecular weight is 360 g/mol. The predicted molar refractivity (Wildman–Crippen MR) is 88.6 cm³/mol. The summed E-state index contributed by atoms with van der Waals surface area (Å²) in [5, 5.41) is 9.33. The molecule has 0 spiro atoms. The van der Waals surface area contributed by atoms with Gasteiger partial charge in [0.25, 0.3) is 11.8 Å². The highest BCUT2D eigenvalue weighted by molar-refractivity contribution is 7.91. The molecule has 1 saturated heterocycles. The molecular formula is C17H16N2O5S. The molecule has 3 rings (SSSR count). The summed E-state index contributed by atoms with van der Waals surface area (Å²) in [5.41, 5.74) is 0.275. The number of amides is 2. The molecule has 1 aromatic rings. The van der Waals surface area contributed by atoms with Crippen LogP contribution in [0.4, 0.5) is 0 Å². The molecule has 25 heavy (non-hydrogen) atoms. The Balaban J connectivity index is 2.08. The Bertz CT molecular complexity index is 975. The van der Waals surface area contributed by atoms with Gasteiger partial charge in [-0.15, -0.1) is 0 Å². The van der Waals surface area contributed by atoms with Crippen LogP contribution in [0.1, 0.15) is 24.9 Å². The maximum absolute atomic E-state index is 12.9. The molecule has 130 valence electrons. The van der Waals surface area contributed by atoms with E-state index in [1.807, 2.05) is 6.07 Å². The summed E-state index contributed by atoms with van der Waals surface area (Å²) in [5.74, 6) is -0.596. The fraction of sp³-hybridized carbons (Fsp3) is 0.353. The molecule has 7 nitrogen and oxygen atoms in total. The van der Waals surface area contributed by atoms with E-state index in [9.17, 15) is 23.3 Å². The highest BCUT2D eigenvalue weighted by Crippen LogP contribution is 2.31. The van der Waals surface area contributed by atoms with E-state index in [-0.39, 0.29) is 34.6 Å². The van der Waals surface area contributed by atoms with Crippen LogP contribution in [0, 0.1) is 18.3 Å². The van der Waals surface area contributed by atoms with E-state index in [1.54, 1.807) is 19.1 Å². The molecule has 0 bridgehead atoms. The summed E-state index contributed by atoms with van der Waals surface area (Å²) >= 11 is 0. The molecule has 0 saturated carbocycles. The number of rotatable bonds is 2. The van der Waals surface area contributed by atoms with Crippen LogP contribution in [0.5, 0.6) is 0 Å². The summed E-state index contributed by atoms with van der Waals surface area (Å²) in [6, 6.07) is 4.50. The molecule has 8 heteroatoms. The van der Waals surface area contributed by atoms with Crippen molar-refractivity contribution in [1.29, 1.82) is 5.26 Å². The van der Waals surface area contributed by atoms with Crippen molar-refractivity contribution in [2.24, 2.45) is 0 Å². The monoisotopic (exact) mass is 360 g/mol. The van der Waals surface area contributed by atoms with Crippen molar-refractivity contribution in [3.63, 3.8) is 0 Å². The largest absolute Gasteiger partial charge is 0.462 e. The number of carbonyl (C=O) groups excluding carboxylic acids is 2. The van der Waals surface area contributed by atoms with Gasteiger partial charge >= 0.3 is 0 Å². The Hall–Kier alpha value is -2.66. The van der Waals surface area contributed by atoms with Crippen molar-refractivity contribution in [2.45, 2.75) is 26.3 Å². The molecule has 1 unspecified atom stereocenters. The smallest absolute Gasteiger partial charge is 0.271 e. The zero-order valence-electron chi connectivity index (χ0n) is 13.8. The van der Waals surface area contributed by atoms with E-state index >= 15 is 0 Å². The minimum atomic E-state index is -3.29. The summed E-state index contributed by atoms with van der Waals surface area (Å²) < 4.78 is 28.9. The van der Waals surface area contributed by atoms with Crippen molar-refractivity contribution in [2.75, 3.05) is 11.5 Å². The molecular weight excluding hydrogens is 344 g/mol. The van der Waals surface area contributed by atoms with Crippen LogP contribution in [0.25, 0.3) is 6.08 Å². The van der Waals surface area contributed by atoms with Crippen LogP contribution in [-0.4, -0.2) is 42.7 Å². The lowest BCUT2D eigenvalue weighted by molar-refractivity contribution is -0.142. The standard InChI is InChI=1S/C17H16N2O5S/c1-10-3-4-13(24-10)7-14-11(2)15(8-18)17(21)19(16(14)20)12-5-6-25(22,23)9-12/h3-4,7,12H,5-6,9H2,1-2H3. The third kappa shape index (κ3) is 3.03. The maximum Gasteiger partial charge on any atom is 0.271 e. The van der Waals surface area contributed by atoms with Gasteiger partial charge in [-0.2, -0.15) is 5.26 Å². The fourth-order valence-corrected chi connectivity index (χ4v) is 4.78. The number of carbonyl (C=O) groups is 2. The predicted octanol–water partition coefficient (Wildman–Crippen LogP) is 1.37.